The van der Waals surface area contributed by atoms with Gasteiger partial charge in [-0.05, 0) is 43.5 Å². The van der Waals surface area contributed by atoms with Gasteiger partial charge in [-0.15, -0.1) is 11.3 Å². The van der Waals surface area contributed by atoms with E-state index >= 15 is 0 Å². The molecule has 4 rings (SSSR count). The van der Waals surface area contributed by atoms with Gasteiger partial charge in [0.25, 0.3) is 5.56 Å². The topological polar surface area (TPSA) is 129 Å². The average Bonchev–Trinajstić information content (AvgIpc) is 3.22. The van der Waals surface area contributed by atoms with E-state index in [1.165, 1.54) is 23.5 Å². The first-order chi connectivity index (χ1) is 15.2. The predicted molar refractivity (Wildman–Crippen MR) is 126 cm³/mol. The smallest absolute Gasteiger partial charge is 0.335 e. The van der Waals surface area contributed by atoms with E-state index in [4.69, 9.17) is 10.5 Å². The Balaban J connectivity index is 1.71. The molecule has 0 saturated carbocycles. The highest BCUT2D eigenvalue weighted by atomic mass is 32.2. The molecular weight excluding hydrogens is 450 g/mol. The molecule has 0 spiro atoms. The van der Waals surface area contributed by atoms with Gasteiger partial charge < -0.3 is 15.0 Å². The average molecular weight is 474 g/mol. The van der Waals surface area contributed by atoms with Crippen molar-refractivity contribution in [2.45, 2.75) is 32.4 Å². The lowest BCUT2D eigenvalue weighted by molar-refractivity contribution is 0.0697. The van der Waals surface area contributed by atoms with Crippen LogP contribution in [0, 0.1) is 5.41 Å². The minimum absolute atomic E-state index is 0.0911. The predicted octanol–water partition coefficient (Wildman–Crippen LogP) is 2.94. The van der Waals surface area contributed by atoms with Crippen molar-refractivity contribution in [2.75, 3.05) is 11.5 Å². The molecule has 0 bridgehead atoms. The van der Waals surface area contributed by atoms with Gasteiger partial charge in [-0.2, -0.15) is 0 Å². The van der Waals surface area contributed by atoms with Crippen LogP contribution in [0.25, 0.3) is 21.2 Å². The number of carboxylic acids is 1. The Morgan fingerprint density at radius 3 is 2.50 bits per heavy atom. The number of carboxylic acid groups (broad SMARTS) is 1. The summed E-state index contributed by atoms with van der Waals surface area (Å²) >= 11 is 1.32. The number of thiophene rings is 1. The molecule has 3 heterocycles. The number of hydrogen-bond acceptors (Lipinski definition) is 6. The van der Waals surface area contributed by atoms with Crippen molar-refractivity contribution in [3.8, 4) is 11.1 Å². The second-order valence-corrected chi connectivity index (χ2v) is 11.2. The third-order valence-corrected chi connectivity index (χ3v) is 8.59. The van der Waals surface area contributed by atoms with Gasteiger partial charge in [0, 0.05) is 29.0 Å². The molecule has 168 valence electrons. The summed E-state index contributed by atoms with van der Waals surface area (Å²) in [7, 11) is -2.98. The fourth-order valence-electron chi connectivity index (χ4n) is 3.84. The molecule has 3 N–H and O–H groups in total. The van der Waals surface area contributed by atoms with Gasteiger partial charge >= 0.3 is 5.97 Å². The van der Waals surface area contributed by atoms with E-state index in [9.17, 15) is 18.0 Å². The monoisotopic (exact) mass is 473 g/mol. The van der Waals surface area contributed by atoms with Gasteiger partial charge in [0.1, 0.15) is 15.7 Å². The van der Waals surface area contributed by atoms with Crippen molar-refractivity contribution < 1.29 is 18.3 Å². The molecule has 1 saturated heterocycles. The largest absolute Gasteiger partial charge is 0.478 e. The van der Waals surface area contributed by atoms with E-state index in [1.807, 2.05) is 6.92 Å². The Bertz CT molecular complexity index is 1360. The lowest BCUT2D eigenvalue weighted by atomic mass is 10.0. The van der Waals surface area contributed by atoms with Gasteiger partial charge in [-0.3, -0.25) is 10.2 Å². The standard InChI is InChI=1S/C22H23N3O5S2/c1-2-25-12-17(13-3-5-14(6-4-13)22(27)28)19-16(21(25)26)11-18(31-19)20(23)24-15-7-9-32(29,30)10-8-15/h3-6,11-12,15H,2,7-10H2,1H3,(H2,23,24)(H,27,28). The summed E-state index contributed by atoms with van der Waals surface area (Å²) in [5.74, 6) is -0.608. The summed E-state index contributed by atoms with van der Waals surface area (Å²) in [5, 5.41) is 21.3. The van der Waals surface area contributed by atoms with E-state index in [-0.39, 0.29) is 34.5 Å². The van der Waals surface area contributed by atoms with Crippen molar-refractivity contribution in [3.63, 3.8) is 0 Å². The van der Waals surface area contributed by atoms with Crippen LogP contribution in [0.4, 0.5) is 0 Å². The summed E-state index contributed by atoms with van der Waals surface area (Å²) in [6.07, 6.45) is 2.68. The highest BCUT2D eigenvalue weighted by Gasteiger charge is 2.25. The highest BCUT2D eigenvalue weighted by Crippen LogP contribution is 2.33. The van der Waals surface area contributed by atoms with Crippen LogP contribution >= 0.6 is 11.3 Å². The van der Waals surface area contributed by atoms with E-state index < -0.39 is 15.8 Å². The number of aryl methyl sites for hydroxylation is 1. The number of amidine groups is 1. The molecular formula is C22H23N3O5S2. The number of hydrogen-bond donors (Lipinski definition) is 3. The molecule has 32 heavy (non-hydrogen) atoms. The van der Waals surface area contributed by atoms with Crippen molar-refractivity contribution in [1.82, 2.24) is 9.88 Å². The molecule has 1 aliphatic rings. The number of aromatic nitrogens is 1. The summed E-state index contributed by atoms with van der Waals surface area (Å²) in [5.41, 5.74) is 1.62. The second kappa shape index (κ2) is 8.51. The zero-order chi connectivity index (χ0) is 23.0. The Hall–Kier alpha value is -2.98. The fourth-order valence-corrected chi connectivity index (χ4v) is 6.43. The number of benzene rings is 1. The fraction of sp³-hybridized carbons (Fsp3) is 0.318. The number of fused-ring (bicyclic) bond motifs is 1. The van der Waals surface area contributed by atoms with Gasteiger partial charge in [-0.1, -0.05) is 12.1 Å². The van der Waals surface area contributed by atoms with Crippen LogP contribution in [-0.2, 0) is 16.4 Å². The zero-order valence-corrected chi connectivity index (χ0v) is 19.1. The van der Waals surface area contributed by atoms with E-state index in [0.717, 1.165) is 15.8 Å². The molecule has 0 amide bonds. The lowest BCUT2D eigenvalue weighted by Crippen LogP contribution is -2.40. The highest BCUT2D eigenvalue weighted by molar-refractivity contribution is 7.91. The maximum atomic E-state index is 12.9. The van der Waals surface area contributed by atoms with E-state index in [2.05, 4.69) is 5.32 Å². The Morgan fingerprint density at radius 2 is 1.91 bits per heavy atom. The van der Waals surface area contributed by atoms with E-state index in [0.29, 0.717) is 29.6 Å². The van der Waals surface area contributed by atoms with Gasteiger partial charge in [0.2, 0.25) is 0 Å². The van der Waals surface area contributed by atoms with Crippen LogP contribution in [0.1, 0.15) is 35.0 Å². The third-order valence-electron chi connectivity index (χ3n) is 5.69. The normalized spacial score (nSPS) is 16.2. The van der Waals surface area contributed by atoms with Crippen LogP contribution in [0.2, 0.25) is 0 Å². The Morgan fingerprint density at radius 1 is 1.25 bits per heavy atom. The first kappa shape index (κ1) is 22.2. The minimum Gasteiger partial charge on any atom is -0.478 e. The van der Waals surface area contributed by atoms with Crippen molar-refractivity contribution >= 4 is 43.1 Å². The number of nitrogens with zero attached hydrogens (tertiary/aromatic N) is 1. The molecule has 1 aliphatic heterocycles. The van der Waals surface area contributed by atoms with Crippen LogP contribution in [-0.4, -0.2) is 47.4 Å². The molecule has 1 aromatic carbocycles. The quantitative estimate of drug-likeness (QED) is 0.386. The molecule has 3 aromatic rings. The van der Waals surface area contributed by atoms with Crippen LogP contribution < -0.4 is 10.9 Å². The van der Waals surface area contributed by atoms with Crippen molar-refractivity contribution in [1.29, 1.82) is 5.41 Å². The first-order valence-electron chi connectivity index (χ1n) is 10.2. The summed E-state index contributed by atoms with van der Waals surface area (Å²) in [6, 6.07) is 8.10. The van der Waals surface area contributed by atoms with Crippen LogP contribution in [0.3, 0.4) is 0 Å². The number of nitrogens with one attached hydrogen (secondary N) is 2. The van der Waals surface area contributed by atoms with Crippen LogP contribution in [0.15, 0.2) is 41.3 Å². The molecule has 2 aromatic heterocycles. The first-order valence-corrected chi connectivity index (χ1v) is 12.9. The molecule has 1 fully saturated rings. The SMILES string of the molecule is CCn1cc(-c2ccc(C(=O)O)cc2)c2sc(C(=N)NC3CCS(=O)(=O)CC3)cc2c1=O. The van der Waals surface area contributed by atoms with Crippen LogP contribution in [0.5, 0.6) is 0 Å². The van der Waals surface area contributed by atoms with Gasteiger partial charge in [-0.25, -0.2) is 13.2 Å². The van der Waals surface area contributed by atoms with E-state index in [1.54, 1.807) is 29.0 Å². The molecule has 8 nitrogen and oxygen atoms in total. The Labute approximate surface area is 188 Å². The van der Waals surface area contributed by atoms with Gasteiger partial charge in [0.15, 0.2) is 0 Å². The molecule has 0 radical (unpaired) electrons. The summed E-state index contributed by atoms with van der Waals surface area (Å²) in [6.45, 7) is 2.35. The number of pyridine rings is 1. The maximum Gasteiger partial charge on any atom is 0.335 e. The molecule has 10 heteroatoms. The molecule has 0 unspecified atom stereocenters. The molecule has 0 atom stereocenters. The summed E-state index contributed by atoms with van der Waals surface area (Å²) in [4.78, 5) is 24.7. The number of aromatic carboxylic acids is 1. The minimum atomic E-state index is -2.98. The number of rotatable bonds is 5. The Kier molecular flexibility index (Phi) is 5.91. The molecule has 0 aliphatic carbocycles. The third kappa shape index (κ3) is 4.33. The van der Waals surface area contributed by atoms with Crippen molar-refractivity contribution in [3.05, 3.63) is 57.3 Å². The van der Waals surface area contributed by atoms with Gasteiger partial charge in [0.05, 0.1) is 27.3 Å². The number of sulfone groups is 1. The lowest BCUT2D eigenvalue weighted by Gasteiger charge is -2.23. The summed E-state index contributed by atoms with van der Waals surface area (Å²) < 4.78 is 25.6. The van der Waals surface area contributed by atoms with Crippen molar-refractivity contribution in [2.24, 2.45) is 0 Å². The zero-order valence-electron chi connectivity index (χ0n) is 17.4. The second-order valence-electron chi connectivity index (χ2n) is 7.82. The maximum absolute atomic E-state index is 12.9. The number of carbonyl (C=O) groups is 1.